The quantitative estimate of drug-likeness (QED) is 0.622. The Morgan fingerprint density at radius 1 is 1.06 bits per heavy atom. The number of amides is 2. The molecule has 0 aliphatic carbocycles. The first-order chi connectivity index (χ1) is 15.9. The number of ether oxygens (including phenoxy) is 4. The molecule has 2 heterocycles. The van der Waals surface area contributed by atoms with Gasteiger partial charge in [-0.1, -0.05) is 42.5 Å². The molecule has 4 rings (SSSR count). The third kappa shape index (κ3) is 4.28. The Bertz CT molecular complexity index is 1080. The Kier molecular flexibility index (Phi) is 6.35. The summed E-state index contributed by atoms with van der Waals surface area (Å²) in [6.45, 7) is 1.69. The second kappa shape index (κ2) is 9.36. The minimum atomic E-state index is -1.06. The van der Waals surface area contributed by atoms with E-state index in [1.54, 1.807) is 38.3 Å². The van der Waals surface area contributed by atoms with E-state index in [4.69, 9.17) is 18.9 Å². The number of nitrogens with zero attached hydrogens (tertiary/aromatic N) is 1. The number of allylic oxidation sites excluding steroid dienone is 1. The number of hydrogen-bond donors (Lipinski definition) is 0. The monoisotopic (exact) mass is 451 g/mol. The zero-order chi connectivity index (χ0) is 23.5. The fourth-order valence-corrected chi connectivity index (χ4v) is 4.30. The maximum Gasteiger partial charge on any atom is 0.417 e. The maximum absolute atomic E-state index is 13.8. The molecule has 3 atom stereocenters. The van der Waals surface area contributed by atoms with Crippen molar-refractivity contribution < 1.29 is 33.3 Å². The Morgan fingerprint density at radius 3 is 2.39 bits per heavy atom. The molecule has 8 heteroatoms. The topological polar surface area (TPSA) is 91.4 Å². The molecule has 2 aliphatic rings. The lowest BCUT2D eigenvalue weighted by molar-refractivity contribution is -0.141. The highest BCUT2D eigenvalue weighted by molar-refractivity contribution is 6.03. The van der Waals surface area contributed by atoms with Crippen LogP contribution in [0.15, 0.2) is 65.9 Å². The van der Waals surface area contributed by atoms with Crippen molar-refractivity contribution in [1.29, 1.82) is 0 Å². The standard InChI is InChI=1S/C25H25NO7/c1-15-20(24(28)31-3)21(22(33-15)17-9-11-19(30-2)12-10-17)23(27)26-18(14-32-25(26)29)13-16-7-5-4-6-8-16/h4-12,18,21-22H,13-14H2,1-3H3/t18-,21+,22-/m0/s1. The summed E-state index contributed by atoms with van der Waals surface area (Å²) in [6.07, 6.45) is -1.10. The van der Waals surface area contributed by atoms with Crippen LogP contribution in [0.4, 0.5) is 4.79 Å². The van der Waals surface area contributed by atoms with Crippen LogP contribution in [0.5, 0.6) is 5.75 Å². The number of imide groups is 1. The van der Waals surface area contributed by atoms with Crippen molar-refractivity contribution in [2.24, 2.45) is 5.92 Å². The van der Waals surface area contributed by atoms with Gasteiger partial charge in [0.05, 0.1) is 25.8 Å². The van der Waals surface area contributed by atoms with E-state index in [9.17, 15) is 14.4 Å². The second-order valence-corrected chi connectivity index (χ2v) is 7.88. The summed E-state index contributed by atoms with van der Waals surface area (Å²) in [6, 6.07) is 16.1. The summed E-state index contributed by atoms with van der Waals surface area (Å²) in [7, 11) is 2.80. The van der Waals surface area contributed by atoms with Crippen molar-refractivity contribution in [2.75, 3.05) is 20.8 Å². The van der Waals surface area contributed by atoms with Crippen molar-refractivity contribution >= 4 is 18.0 Å². The van der Waals surface area contributed by atoms with Gasteiger partial charge in [0.1, 0.15) is 30.1 Å². The first-order valence-electron chi connectivity index (χ1n) is 10.6. The number of esters is 1. The average Bonchev–Trinajstić information content (AvgIpc) is 3.38. The summed E-state index contributed by atoms with van der Waals surface area (Å²) in [5, 5.41) is 0. The summed E-state index contributed by atoms with van der Waals surface area (Å²) in [5.41, 5.74) is 1.73. The van der Waals surface area contributed by atoms with Gasteiger partial charge < -0.3 is 18.9 Å². The molecule has 1 saturated heterocycles. The van der Waals surface area contributed by atoms with Crippen LogP contribution in [0, 0.1) is 5.92 Å². The zero-order valence-electron chi connectivity index (χ0n) is 18.6. The van der Waals surface area contributed by atoms with Gasteiger partial charge in [0, 0.05) is 0 Å². The first-order valence-corrected chi connectivity index (χ1v) is 10.6. The fraction of sp³-hybridized carbons (Fsp3) is 0.320. The highest BCUT2D eigenvalue weighted by Crippen LogP contribution is 2.44. The lowest BCUT2D eigenvalue weighted by Gasteiger charge is -2.26. The summed E-state index contributed by atoms with van der Waals surface area (Å²) in [4.78, 5) is 40.2. The number of rotatable bonds is 6. The maximum atomic E-state index is 13.8. The van der Waals surface area contributed by atoms with Crippen molar-refractivity contribution in [1.82, 2.24) is 4.90 Å². The van der Waals surface area contributed by atoms with Gasteiger partial charge in [0.25, 0.3) is 0 Å². The molecule has 8 nitrogen and oxygen atoms in total. The minimum absolute atomic E-state index is 0.0799. The summed E-state index contributed by atoms with van der Waals surface area (Å²) in [5.74, 6) is -1.36. The van der Waals surface area contributed by atoms with Gasteiger partial charge in [0.15, 0.2) is 0 Å². The van der Waals surface area contributed by atoms with Crippen molar-refractivity contribution in [3.8, 4) is 5.75 Å². The minimum Gasteiger partial charge on any atom is -0.497 e. The van der Waals surface area contributed by atoms with E-state index in [1.807, 2.05) is 30.3 Å². The van der Waals surface area contributed by atoms with E-state index in [1.165, 1.54) is 7.11 Å². The second-order valence-electron chi connectivity index (χ2n) is 7.88. The van der Waals surface area contributed by atoms with E-state index in [-0.39, 0.29) is 17.9 Å². The SMILES string of the molecule is COC(=O)C1=C(C)O[C@@H](c2ccc(OC)cc2)[C@@H]1C(=O)N1C(=O)OC[C@@H]1Cc1ccccc1. The van der Waals surface area contributed by atoms with Gasteiger partial charge in [-0.05, 0) is 36.6 Å². The molecule has 1 fully saturated rings. The lowest BCUT2D eigenvalue weighted by atomic mass is 9.88. The molecule has 0 radical (unpaired) electrons. The molecule has 0 bridgehead atoms. The van der Waals surface area contributed by atoms with Crippen molar-refractivity contribution in [3.05, 3.63) is 77.1 Å². The van der Waals surface area contributed by atoms with Gasteiger partial charge in [-0.25, -0.2) is 14.5 Å². The zero-order valence-corrected chi connectivity index (χ0v) is 18.6. The average molecular weight is 451 g/mol. The Balaban J connectivity index is 1.69. The number of carbonyl (C=O) groups excluding carboxylic acids is 3. The van der Waals surface area contributed by atoms with E-state index in [0.29, 0.717) is 17.7 Å². The van der Waals surface area contributed by atoms with Crippen LogP contribution >= 0.6 is 0 Å². The molecule has 2 aliphatic heterocycles. The molecule has 172 valence electrons. The molecule has 0 unspecified atom stereocenters. The van der Waals surface area contributed by atoms with Crippen LogP contribution in [-0.4, -0.2) is 49.7 Å². The van der Waals surface area contributed by atoms with Gasteiger partial charge in [-0.3, -0.25) is 4.79 Å². The van der Waals surface area contributed by atoms with Crippen molar-refractivity contribution in [3.63, 3.8) is 0 Å². The van der Waals surface area contributed by atoms with E-state index >= 15 is 0 Å². The summed E-state index contributed by atoms with van der Waals surface area (Å²) < 4.78 is 21.3. The fourth-order valence-electron chi connectivity index (χ4n) is 4.30. The van der Waals surface area contributed by atoms with E-state index in [2.05, 4.69) is 0 Å². The normalized spacial score (nSPS) is 22.1. The predicted octanol–water partition coefficient (Wildman–Crippen LogP) is 3.42. The number of cyclic esters (lactones) is 1. The number of methoxy groups -OCH3 is 2. The third-order valence-corrected chi connectivity index (χ3v) is 5.93. The molecule has 2 aromatic carbocycles. The van der Waals surface area contributed by atoms with Crippen LogP contribution in [-0.2, 0) is 30.2 Å². The van der Waals surface area contributed by atoms with Gasteiger partial charge in [-0.15, -0.1) is 0 Å². The predicted molar refractivity (Wildman–Crippen MR) is 117 cm³/mol. The largest absolute Gasteiger partial charge is 0.497 e. The molecular weight excluding hydrogens is 426 g/mol. The molecule has 0 spiro atoms. The van der Waals surface area contributed by atoms with Crippen LogP contribution in [0.3, 0.4) is 0 Å². The first kappa shape index (κ1) is 22.4. The van der Waals surface area contributed by atoms with Crippen LogP contribution in [0.2, 0.25) is 0 Å². The van der Waals surface area contributed by atoms with E-state index < -0.39 is 36.0 Å². The molecule has 2 aromatic rings. The van der Waals surface area contributed by atoms with Gasteiger partial charge in [-0.2, -0.15) is 0 Å². The summed E-state index contributed by atoms with van der Waals surface area (Å²) >= 11 is 0. The number of carbonyl (C=O) groups is 3. The smallest absolute Gasteiger partial charge is 0.417 e. The van der Waals surface area contributed by atoms with E-state index in [0.717, 1.165) is 10.5 Å². The molecule has 0 N–H and O–H groups in total. The van der Waals surface area contributed by atoms with Crippen molar-refractivity contribution in [2.45, 2.75) is 25.5 Å². The number of hydrogen-bond acceptors (Lipinski definition) is 7. The Morgan fingerprint density at radius 2 is 1.76 bits per heavy atom. The molecule has 0 aromatic heterocycles. The number of benzene rings is 2. The molecule has 33 heavy (non-hydrogen) atoms. The highest BCUT2D eigenvalue weighted by atomic mass is 16.6. The Hall–Kier alpha value is -3.81. The molecule has 2 amide bonds. The Labute approximate surface area is 191 Å². The van der Waals surface area contributed by atoms with Crippen LogP contribution < -0.4 is 4.74 Å². The van der Waals surface area contributed by atoms with Crippen LogP contribution in [0.25, 0.3) is 0 Å². The van der Waals surface area contributed by atoms with Gasteiger partial charge in [0.2, 0.25) is 5.91 Å². The lowest BCUT2D eigenvalue weighted by Crippen LogP contribution is -2.45. The molecule has 0 saturated carbocycles. The third-order valence-electron chi connectivity index (χ3n) is 5.93. The molecular formula is C25H25NO7. The van der Waals surface area contributed by atoms with Gasteiger partial charge >= 0.3 is 12.1 Å². The van der Waals surface area contributed by atoms with Crippen LogP contribution in [0.1, 0.15) is 24.2 Å². The highest BCUT2D eigenvalue weighted by Gasteiger charge is 2.50.